The van der Waals surface area contributed by atoms with Crippen LogP contribution in [0.3, 0.4) is 0 Å². The van der Waals surface area contributed by atoms with Gasteiger partial charge >= 0.3 is 0 Å². The predicted octanol–water partition coefficient (Wildman–Crippen LogP) is 7.22. The number of rotatable bonds is 7. The topological polar surface area (TPSA) is 59.1 Å². The van der Waals surface area contributed by atoms with Crippen molar-refractivity contribution >= 4 is 34.6 Å². The van der Waals surface area contributed by atoms with Gasteiger partial charge in [-0.1, -0.05) is 42.8 Å². The van der Waals surface area contributed by atoms with Crippen LogP contribution in [0, 0.1) is 11.2 Å². The number of nitrogen functional groups attached to an aromatic ring is 1. The number of anilines is 1. The highest BCUT2D eigenvalue weighted by Gasteiger charge is 2.17. The van der Waals surface area contributed by atoms with Crippen molar-refractivity contribution in [1.82, 2.24) is 0 Å². The van der Waals surface area contributed by atoms with E-state index in [1.807, 2.05) is 57.2 Å². The average Bonchev–Trinajstić information content (AvgIpc) is 2.74. The third-order valence-electron chi connectivity index (χ3n) is 4.96. The van der Waals surface area contributed by atoms with Gasteiger partial charge in [-0.3, -0.25) is 0 Å². The Morgan fingerprint density at radius 2 is 1.74 bits per heavy atom. The molecule has 3 rings (SSSR count). The predicted molar refractivity (Wildman–Crippen MR) is 129 cm³/mol. The molecule has 3 N–H and O–H groups in total. The molecule has 0 spiro atoms. The van der Waals surface area contributed by atoms with Crippen LogP contribution in [0.4, 0.5) is 10.1 Å². The minimum atomic E-state index is -0.375. The molecular formula is C26H26ClFN2O. The number of halogens is 2. The minimum Gasteiger partial charge on any atom is -0.491 e. The summed E-state index contributed by atoms with van der Waals surface area (Å²) in [6.07, 6.45) is 2.00. The van der Waals surface area contributed by atoms with E-state index in [0.29, 0.717) is 22.7 Å². The standard InChI is InChI=1S/C26H26ClFN2O/c1-4-22(23-11-8-20(28)14-24(23)27)26(18-7-12-25(30)19(13-18)15-29)17-5-9-21(10-6-17)31-16(2)3/h5-16,29H,4,30H2,1-3H3/b26-22+,29-15?. The van der Waals surface area contributed by atoms with Crippen molar-refractivity contribution in [2.45, 2.75) is 33.3 Å². The van der Waals surface area contributed by atoms with Gasteiger partial charge in [-0.15, -0.1) is 0 Å². The monoisotopic (exact) mass is 436 g/mol. The van der Waals surface area contributed by atoms with E-state index < -0.39 is 0 Å². The maximum atomic E-state index is 13.7. The molecule has 0 aliphatic carbocycles. The van der Waals surface area contributed by atoms with Gasteiger partial charge in [0.2, 0.25) is 0 Å². The van der Waals surface area contributed by atoms with Gasteiger partial charge in [0.05, 0.1) is 11.1 Å². The molecule has 0 radical (unpaired) electrons. The second-order valence-electron chi connectivity index (χ2n) is 7.51. The molecule has 0 aliphatic heterocycles. The van der Waals surface area contributed by atoms with Gasteiger partial charge in [0.15, 0.2) is 0 Å². The molecule has 0 heterocycles. The first-order valence-electron chi connectivity index (χ1n) is 10.2. The molecule has 5 heteroatoms. The molecule has 0 aromatic heterocycles. The fourth-order valence-electron chi connectivity index (χ4n) is 3.58. The van der Waals surface area contributed by atoms with Crippen LogP contribution in [-0.4, -0.2) is 12.3 Å². The Labute approximate surface area is 187 Å². The number of allylic oxidation sites excluding steroid dienone is 1. The summed E-state index contributed by atoms with van der Waals surface area (Å²) in [4.78, 5) is 0. The zero-order chi connectivity index (χ0) is 22.5. The van der Waals surface area contributed by atoms with Gasteiger partial charge in [0.1, 0.15) is 11.6 Å². The van der Waals surface area contributed by atoms with Gasteiger partial charge < -0.3 is 15.9 Å². The van der Waals surface area contributed by atoms with E-state index in [9.17, 15) is 4.39 Å². The summed E-state index contributed by atoms with van der Waals surface area (Å²) in [6, 6.07) is 17.9. The van der Waals surface area contributed by atoms with E-state index in [1.54, 1.807) is 12.1 Å². The lowest BCUT2D eigenvalue weighted by atomic mass is 9.87. The Morgan fingerprint density at radius 1 is 1.06 bits per heavy atom. The lowest BCUT2D eigenvalue weighted by Gasteiger charge is -2.19. The molecule has 0 aliphatic rings. The van der Waals surface area contributed by atoms with E-state index in [-0.39, 0.29) is 11.9 Å². The fourth-order valence-corrected chi connectivity index (χ4v) is 3.86. The Bertz CT molecular complexity index is 1120. The number of nitrogens with two attached hydrogens (primary N) is 1. The van der Waals surface area contributed by atoms with Crippen LogP contribution in [0.25, 0.3) is 11.1 Å². The number of hydrogen-bond donors (Lipinski definition) is 2. The number of benzene rings is 3. The summed E-state index contributed by atoms with van der Waals surface area (Å²) in [7, 11) is 0. The minimum absolute atomic E-state index is 0.0809. The molecule has 0 bridgehead atoms. The maximum Gasteiger partial charge on any atom is 0.124 e. The Morgan fingerprint density at radius 3 is 2.32 bits per heavy atom. The van der Waals surface area contributed by atoms with Crippen LogP contribution in [0.15, 0.2) is 60.7 Å². The zero-order valence-corrected chi connectivity index (χ0v) is 18.6. The first kappa shape index (κ1) is 22.6. The van der Waals surface area contributed by atoms with Crippen LogP contribution >= 0.6 is 11.6 Å². The zero-order valence-electron chi connectivity index (χ0n) is 17.9. The molecule has 0 saturated carbocycles. The van der Waals surface area contributed by atoms with Gasteiger partial charge in [-0.25, -0.2) is 4.39 Å². The number of nitrogens with one attached hydrogen (secondary N) is 1. The Kier molecular flexibility index (Phi) is 7.13. The van der Waals surface area contributed by atoms with Crippen molar-refractivity contribution < 1.29 is 9.13 Å². The quantitative estimate of drug-likeness (QED) is 0.233. The van der Waals surface area contributed by atoms with Gasteiger partial charge in [0, 0.05) is 17.5 Å². The summed E-state index contributed by atoms with van der Waals surface area (Å²) in [5, 5.41) is 8.05. The van der Waals surface area contributed by atoms with E-state index in [4.69, 9.17) is 27.5 Å². The van der Waals surface area contributed by atoms with Crippen LogP contribution in [0.2, 0.25) is 5.02 Å². The van der Waals surface area contributed by atoms with E-state index in [0.717, 1.165) is 33.6 Å². The molecule has 0 amide bonds. The molecule has 0 fully saturated rings. The first-order valence-corrected chi connectivity index (χ1v) is 10.6. The maximum absolute atomic E-state index is 13.7. The largest absolute Gasteiger partial charge is 0.491 e. The summed E-state index contributed by atoms with van der Waals surface area (Å²) in [5.41, 5.74) is 11.8. The summed E-state index contributed by atoms with van der Waals surface area (Å²) < 4.78 is 19.5. The lowest BCUT2D eigenvalue weighted by Crippen LogP contribution is -2.05. The molecule has 3 aromatic rings. The van der Waals surface area contributed by atoms with Crippen molar-refractivity contribution in [2.75, 3.05) is 5.73 Å². The van der Waals surface area contributed by atoms with Crippen molar-refractivity contribution in [3.63, 3.8) is 0 Å². The summed E-state index contributed by atoms with van der Waals surface area (Å²) >= 11 is 6.44. The molecule has 31 heavy (non-hydrogen) atoms. The van der Waals surface area contributed by atoms with E-state index in [2.05, 4.69) is 0 Å². The number of hydrogen-bond acceptors (Lipinski definition) is 3. The van der Waals surface area contributed by atoms with Crippen molar-refractivity contribution in [3.8, 4) is 5.75 Å². The van der Waals surface area contributed by atoms with Gasteiger partial charge in [-0.05, 0) is 84.5 Å². The molecule has 160 valence electrons. The Balaban J connectivity index is 2.27. The fraction of sp³-hybridized carbons (Fsp3) is 0.192. The average molecular weight is 437 g/mol. The van der Waals surface area contributed by atoms with Crippen LogP contribution < -0.4 is 10.5 Å². The number of ether oxygens (including phenoxy) is 1. The van der Waals surface area contributed by atoms with E-state index >= 15 is 0 Å². The molecule has 0 atom stereocenters. The molecule has 0 saturated heterocycles. The molecule has 3 aromatic carbocycles. The van der Waals surface area contributed by atoms with Crippen LogP contribution in [0.5, 0.6) is 5.75 Å². The van der Waals surface area contributed by atoms with Crippen LogP contribution in [-0.2, 0) is 0 Å². The smallest absolute Gasteiger partial charge is 0.124 e. The van der Waals surface area contributed by atoms with Gasteiger partial charge in [-0.2, -0.15) is 0 Å². The second-order valence-corrected chi connectivity index (χ2v) is 7.92. The highest BCUT2D eigenvalue weighted by molar-refractivity contribution is 6.32. The third-order valence-corrected chi connectivity index (χ3v) is 5.27. The first-order chi connectivity index (χ1) is 14.8. The van der Waals surface area contributed by atoms with E-state index in [1.165, 1.54) is 18.3 Å². The molecular weight excluding hydrogens is 411 g/mol. The van der Waals surface area contributed by atoms with Gasteiger partial charge in [0.25, 0.3) is 0 Å². The third kappa shape index (κ3) is 5.15. The van der Waals surface area contributed by atoms with Crippen LogP contribution in [0.1, 0.15) is 49.4 Å². The highest BCUT2D eigenvalue weighted by Crippen LogP contribution is 2.38. The van der Waals surface area contributed by atoms with Crippen molar-refractivity contribution in [2.24, 2.45) is 0 Å². The lowest BCUT2D eigenvalue weighted by molar-refractivity contribution is 0.242. The van der Waals surface area contributed by atoms with Crippen molar-refractivity contribution in [3.05, 3.63) is 93.8 Å². The molecule has 0 unspecified atom stereocenters. The Hall–Kier alpha value is -3.11. The SMILES string of the molecule is CC/C(=C(/c1ccc(OC(C)C)cc1)c1ccc(N)c(C=N)c1)c1ccc(F)cc1Cl. The molecule has 3 nitrogen and oxygen atoms in total. The summed E-state index contributed by atoms with van der Waals surface area (Å²) in [5.74, 6) is 0.410. The summed E-state index contributed by atoms with van der Waals surface area (Å²) in [6.45, 7) is 6.01. The normalized spacial score (nSPS) is 11.9. The second kappa shape index (κ2) is 9.80. The van der Waals surface area contributed by atoms with Crippen molar-refractivity contribution in [1.29, 1.82) is 5.41 Å². The highest BCUT2D eigenvalue weighted by atomic mass is 35.5.